The van der Waals surface area contributed by atoms with E-state index >= 15 is 0 Å². The van der Waals surface area contributed by atoms with Gasteiger partial charge in [0.2, 0.25) is 0 Å². The lowest BCUT2D eigenvalue weighted by Crippen LogP contribution is -2.15. The zero-order chi connectivity index (χ0) is 15.9. The topological polar surface area (TPSA) is 46.4 Å². The first-order valence-corrected chi connectivity index (χ1v) is 7.90. The van der Waals surface area contributed by atoms with Crippen LogP contribution in [0.4, 0.5) is 5.69 Å². The first-order chi connectivity index (χ1) is 10.4. The number of aryl methyl sites for hydroxylation is 1. The normalized spacial score (nSPS) is 10.9. The highest BCUT2D eigenvalue weighted by atomic mass is 79.9. The number of halogens is 3. The van der Waals surface area contributed by atoms with Gasteiger partial charge >= 0.3 is 0 Å². The van der Waals surface area contributed by atoms with Crippen LogP contribution in [0.15, 0.2) is 41.0 Å². The lowest BCUT2D eigenvalue weighted by Gasteiger charge is -2.07. The molecule has 0 atom stereocenters. The first-order valence-electron chi connectivity index (χ1n) is 6.36. The van der Waals surface area contributed by atoms with Gasteiger partial charge in [0.25, 0.3) is 5.91 Å². The Labute approximate surface area is 145 Å². The number of hydrogen-bond donors (Lipinski definition) is 1. The summed E-state index contributed by atoms with van der Waals surface area (Å²) in [6.07, 6.45) is 1.80. The van der Waals surface area contributed by atoms with E-state index in [4.69, 9.17) is 23.2 Å². The predicted molar refractivity (Wildman–Crippen MR) is 92.0 cm³/mol. The van der Waals surface area contributed by atoms with Crippen LogP contribution in [0.5, 0.6) is 0 Å². The van der Waals surface area contributed by atoms with E-state index in [1.54, 1.807) is 35.7 Å². The molecule has 3 aromatic rings. The number of aromatic nitrogens is 2. The molecule has 7 heteroatoms. The van der Waals surface area contributed by atoms with Crippen LogP contribution in [0.25, 0.3) is 5.65 Å². The SMILES string of the molecule is Cc1nc2ccc(Br)cn2c1C(=O)Nc1cc(Cl)cc(Cl)c1. The average Bonchev–Trinajstić information content (AvgIpc) is 2.72. The third-order valence-corrected chi connectivity index (χ3v) is 4.00. The van der Waals surface area contributed by atoms with E-state index in [-0.39, 0.29) is 5.91 Å². The second-order valence-corrected chi connectivity index (χ2v) is 6.52. The number of rotatable bonds is 2. The van der Waals surface area contributed by atoms with E-state index in [1.165, 1.54) is 0 Å². The van der Waals surface area contributed by atoms with Gasteiger partial charge in [-0.1, -0.05) is 23.2 Å². The molecule has 0 aliphatic heterocycles. The predicted octanol–water partition coefficient (Wildman–Crippen LogP) is 4.96. The highest BCUT2D eigenvalue weighted by Crippen LogP contribution is 2.24. The number of fused-ring (bicyclic) bond motifs is 1. The molecule has 1 N–H and O–H groups in total. The van der Waals surface area contributed by atoms with Crippen molar-refractivity contribution in [3.8, 4) is 0 Å². The quantitative estimate of drug-likeness (QED) is 0.662. The van der Waals surface area contributed by atoms with Crippen molar-refractivity contribution >= 4 is 56.4 Å². The van der Waals surface area contributed by atoms with Crippen molar-refractivity contribution in [1.29, 1.82) is 0 Å². The van der Waals surface area contributed by atoms with Gasteiger partial charge in [0.15, 0.2) is 0 Å². The highest BCUT2D eigenvalue weighted by molar-refractivity contribution is 9.10. The number of imidazole rings is 1. The molecule has 0 aliphatic carbocycles. The van der Waals surface area contributed by atoms with E-state index in [0.717, 1.165) is 4.47 Å². The Bertz CT molecular complexity index is 872. The molecule has 22 heavy (non-hydrogen) atoms. The van der Waals surface area contributed by atoms with E-state index in [9.17, 15) is 4.79 Å². The van der Waals surface area contributed by atoms with Crippen molar-refractivity contribution in [2.45, 2.75) is 6.92 Å². The molecular weight excluding hydrogens is 389 g/mol. The molecule has 0 aliphatic rings. The molecule has 0 saturated carbocycles. The molecule has 1 amide bonds. The van der Waals surface area contributed by atoms with E-state index < -0.39 is 0 Å². The van der Waals surface area contributed by atoms with Crippen molar-refractivity contribution in [3.63, 3.8) is 0 Å². The summed E-state index contributed by atoms with van der Waals surface area (Å²) >= 11 is 15.3. The minimum atomic E-state index is -0.276. The Morgan fingerprint density at radius 1 is 1.23 bits per heavy atom. The maximum atomic E-state index is 12.6. The summed E-state index contributed by atoms with van der Waals surface area (Å²) in [5, 5.41) is 3.71. The number of nitrogens with one attached hydrogen (secondary N) is 1. The van der Waals surface area contributed by atoms with Crippen molar-refractivity contribution in [2.24, 2.45) is 0 Å². The van der Waals surface area contributed by atoms with Crippen LogP contribution in [0.1, 0.15) is 16.2 Å². The molecule has 112 valence electrons. The number of pyridine rings is 1. The summed E-state index contributed by atoms with van der Waals surface area (Å²) in [5.74, 6) is -0.276. The van der Waals surface area contributed by atoms with Crippen molar-refractivity contribution in [1.82, 2.24) is 9.38 Å². The van der Waals surface area contributed by atoms with Crippen LogP contribution < -0.4 is 5.32 Å². The van der Waals surface area contributed by atoms with Gasteiger partial charge in [-0.3, -0.25) is 9.20 Å². The summed E-state index contributed by atoms with van der Waals surface area (Å²) in [4.78, 5) is 17.0. The number of carbonyl (C=O) groups is 1. The average molecular weight is 399 g/mol. The minimum absolute atomic E-state index is 0.276. The van der Waals surface area contributed by atoms with Crippen molar-refractivity contribution in [3.05, 3.63) is 62.4 Å². The summed E-state index contributed by atoms with van der Waals surface area (Å²) < 4.78 is 2.60. The Balaban J connectivity index is 2.01. The fraction of sp³-hybridized carbons (Fsp3) is 0.0667. The molecule has 3 rings (SSSR count). The first kappa shape index (κ1) is 15.3. The maximum Gasteiger partial charge on any atom is 0.274 e. The maximum absolute atomic E-state index is 12.6. The molecule has 0 bridgehead atoms. The molecule has 0 saturated heterocycles. The van der Waals surface area contributed by atoms with Crippen molar-refractivity contribution in [2.75, 3.05) is 5.32 Å². The van der Waals surface area contributed by atoms with Crippen LogP contribution in [-0.2, 0) is 0 Å². The molecule has 2 aromatic heterocycles. The smallest absolute Gasteiger partial charge is 0.274 e. The lowest BCUT2D eigenvalue weighted by atomic mass is 10.3. The number of anilines is 1. The zero-order valence-corrected chi connectivity index (χ0v) is 14.5. The zero-order valence-electron chi connectivity index (χ0n) is 11.4. The summed E-state index contributed by atoms with van der Waals surface area (Å²) in [6.45, 7) is 1.79. The molecule has 4 nitrogen and oxygen atoms in total. The molecule has 2 heterocycles. The number of nitrogens with zero attached hydrogens (tertiary/aromatic N) is 2. The second kappa shape index (κ2) is 5.91. The Hall–Kier alpha value is -1.56. The fourth-order valence-electron chi connectivity index (χ4n) is 2.23. The molecule has 0 unspecified atom stereocenters. The fourth-order valence-corrected chi connectivity index (χ4v) is 3.09. The Morgan fingerprint density at radius 2 is 1.91 bits per heavy atom. The number of hydrogen-bond acceptors (Lipinski definition) is 2. The summed E-state index contributed by atoms with van der Waals surface area (Å²) in [7, 11) is 0. The third kappa shape index (κ3) is 2.97. The van der Waals surface area contributed by atoms with Crippen LogP contribution >= 0.6 is 39.1 Å². The number of amides is 1. The van der Waals surface area contributed by atoms with Crippen LogP contribution in [0.2, 0.25) is 10.0 Å². The molecule has 0 spiro atoms. The Morgan fingerprint density at radius 3 is 2.59 bits per heavy atom. The van der Waals surface area contributed by atoms with Gasteiger partial charge in [0, 0.05) is 26.4 Å². The van der Waals surface area contributed by atoms with Gasteiger partial charge in [0.1, 0.15) is 11.3 Å². The van der Waals surface area contributed by atoms with Gasteiger partial charge in [-0.2, -0.15) is 0 Å². The van der Waals surface area contributed by atoms with E-state index in [0.29, 0.717) is 32.8 Å². The second-order valence-electron chi connectivity index (χ2n) is 4.73. The molecule has 0 radical (unpaired) electrons. The van der Waals surface area contributed by atoms with Crippen molar-refractivity contribution < 1.29 is 4.79 Å². The summed E-state index contributed by atoms with van der Waals surface area (Å²) in [6, 6.07) is 8.60. The minimum Gasteiger partial charge on any atom is -0.321 e. The van der Waals surface area contributed by atoms with Gasteiger partial charge < -0.3 is 5.32 Å². The van der Waals surface area contributed by atoms with Crippen LogP contribution in [0.3, 0.4) is 0 Å². The number of carbonyl (C=O) groups excluding carboxylic acids is 1. The van der Waals surface area contributed by atoms with Crippen LogP contribution in [-0.4, -0.2) is 15.3 Å². The highest BCUT2D eigenvalue weighted by Gasteiger charge is 2.17. The Kier molecular flexibility index (Phi) is 4.12. The third-order valence-electron chi connectivity index (χ3n) is 3.09. The standard InChI is InChI=1S/C15H10BrCl2N3O/c1-8-14(21-7-9(16)2-3-13(21)19-8)15(22)20-12-5-10(17)4-11(18)6-12/h2-7H,1H3,(H,20,22). The lowest BCUT2D eigenvalue weighted by molar-refractivity contribution is 0.102. The number of benzene rings is 1. The van der Waals surface area contributed by atoms with Gasteiger partial charge in [-0.15, -0.1) is 0 Å². The van der Waals surface area contributed by atoms with E-state index in [2.05, 4.69) is 26.2 Å². The van der Waals surface area contributed by atoms with Gasteiger partial charge in [-0.25, -0.2) is 4.98 Å². The van der Waals surface area contributed by atoms with Gasteiger partial charge in [-0.05, 0) is 53.2 Å². The van der Waals surface area contributed by atoms with Gasteiger partial charge in [0.05, 0.1) is 5.69 Å². The molecule has 0 fully saturated rings. The monoisotopic (exact) mass is 397 g/mol. The molecule has 1 aromatic carbocycles. The largest absolute Gasteiger partial charge is 0.321 e. The van der Waals surface area contributed by atoms with E-state index in [1.807, 2.05) is 12.1 Å². The summed E-state index contributed by atoms with van der Waals surface area (Å²) in [5.41, 5.74) is 2.35. The van der Waals surface area contributed by atoms with Crippen LogP contribution in [0, 0.1) is 6.92 Å². The molecular formula is C15H10BrCl2N3O.